The molecule has 0 spiro atoms. The fourth-order valence-corrected chi connectivity index (χ4v) is 2.11. The third-order valence-corrected chi connectivity index (χ3v) is 2.90. The van der Waals surface area contributed by atoms with Crippen molar-refractivity contribution in [1.82, 2.24) is 15.0 Å². The number of nitrogens with zero attached hydrogens (tertiary/aromatic N) is 3. The molecule has 90 valence electrons. The zero-order valence-electron chi connectivity index (χ0n) is 9.67. The lowest BCUT2D eigenvalue weighted by Gasteiger charge is -2.24. The molecule has 1 aromatic rings. The Labute approximate surface area is 95.4 Å². The van der Waals surface area contributed by atoms with Gasteiger partial charge in [0.05, 0.1) is 17.9 Å². The molecule has 5 heteroatoms. The molecule has 0 aromatic carbocycles. The molecule has 0 bridgehead atoms. The van der Waals surface area contributed by atoms with Crippen molar-refractivity contribution in [3.05, 3.63) is 11.9 Å². The number of aliphatic hydroxyl groups is 1. The fraction of sp³-hybridized carbons (Fsp3) is 0.818. The van der Waals surface area contributed by atoms with Crippen molar-refractivity contribution in [3.63, 3.8) is 0 Å². The van der Waals surface area contributed by atoms with Gasteiger partial charge >= 0.3 is 0 Å². The third-order valence-electron chi connectivity index (χ3n) is 2.90. The predicted molar refractivity (Wildman–Crippen MR) is 58.9 cm³/mol. The lowest BCUT2D eigenvalue weighted by atomic mass is 10.0. The van der Waals surface area contributed by atoms with Crippen LogP contribution in [-0.2, 0) is 18.2 Å². The first-order chi connectivity index (χ1) is 7.74. The number of aromatic nitrogens is 3. The largest absolute Gasteiger partial charge is 0.393 e. The normalized spacial score (nSPS) is 23.2. The molecule has 2 rings (SSSR count). The lowest BCUT2D eigenvalue weighted by Crippen LogP contribution is -2.25. The summed E-state index contributed by atoms with van der Waals surface area (Å²) in [6.07, 6.45) is 6.38. The smallest absolute Gasteiger partial charge is 0.0852 e. The van der Waals surface area contributed by atoms with Gasteiger partial charge in [-0.3, -0.25) is 4.68 Å². The monoisotopic (exact) mass is 225 g/mol. The van der Waals surface area contributed by atoms with E-state index in [4.69, 9.17) is 4.74 Å². The van der Waals surface area contributed by atoms with E-state index in [2.05, 4.69) is 10.3 Å². The maximum absolute atomic E-state index is 9.91. The van der Waals surface area contributed by atoms with Crippen LogP contribution in [0.5, 0.6) is 0 Å². The molecule has 5 nitrogen and oxygen atoms in total. The summed E-state index contributed by atoms with van der Waals surface area (Å²) in [7, 11) is 1.83. The molecule has 1 aromatic heterocycles. The van der Waals surface area contributed by atoms with Crippen molar-refractivity contribution in [2.24, 2.45) is 7.05 Å². The molecule has 1 N–H and O–H groups in total. The number of hydrogen-bond donors (Lipinski definition) is 1. The minimum Gasteiger partial charge on any atom is -0.393 e. The lowest BCUT2D eigenvalue weighted by molar-refractivity contribution is -0.0149. The Bertz CT molecular complexity index is 321. The van der Waals surface area contributed by atoms with Crippen LogP contribution in [0.15, 0.2) is 6.20 Å². The highest BCUT2D eigenvalue weighted by molar-refractivity contribution is 4.94. The van der Waals surface area contributed by atoms with Crippen LogP contribution in [0.25, 0.3) is 0 Å². The van der Waals surface area contributed by atoms with E-state index in [9.17, 15) is 5.11 Å². The second kappa shape index (κ2) is 5.41. The van der Waals surface area contributed by atoms with E-state index in [-0.39, 0.29) is 12.2 Å². The van der Waals surface area contributed by atoms with E-state index in [1.54, 1.807) is 4.68 Å². The van der Waals surface area contributed by atoms with Gasteiger partial charge in [-0.25, -0.2) is 0 Å². The molecule has 16 heavy (non-hydrogen) atoms. The van der Waals surface area contributed by atoms with E-state index in [0.29, 0.717) is 12.8 Å². The molecule has 1 aliphatic heterocycles. The van der Waals surface area contributed by atoms with Gasteiger partial charge in [-0.1, -0.05) is 5.21 Å². The Morgan fingerprint density at radius 3 is 3.12 bits per heavy atom. The second-order valence-electron chi connectivity index (χ2n) is 4.47. The van der Waals surface area contributed by atoms with Crippen LogP contribution in [-0.4, -0.2) is 38.9 Å². The number of hydrogen-bond acceptors (Lipinski definition) is 4. The predicted octanol–water partition coefficient (Wildman–Crippen LogP) is 0.678. The summed E-state index contributed by atoms with van der Waals surface area (Å²) in [5.41, 5.74) is 0.839. The second-order valence-corrected chi connectivity index (χ2v) is 4.47. The minimum absolute atomic E-state index is 0.223. The van der Waals surface area contributed by atoms with Crippen LogP contribution in [0.1, 0.15) is 31.4 Å². The highest BCUT2D eigenvalue weighted by Crippen LogP contribution is 2.18. The SMILES string of the molecule is Cn1cc(CC(O)CC2CCCCO2)nn1. The van der Waals surface area contributed by atoms with Crippen molar-refractivity contribution in [3.8, 4) is 0 Å². The maximum atomic E-state index is 9.91. The molecule has 2 unspecified atom stereocenters. The number of aryl methyl sites for hydroxylation is 1. The molecule has 2 heterocycles. The van der Waals surface area contributed by atoms with Gasteiger partial charge in [0.2, 0.25) is 0 Å². The van der Waals surface area contributed by atoms with Crippen molar-refractivity contribution < 1.29 is 9.84 Å². The van der Waals surface area contributed by atoms with Gasteiger partial charge in [0.15, 0.2) is 0 Å². The van der Waals surface area contributed by atoms with Crippen molar-refractivity contribution in [2.75, 3.05) is 6.61 Å². The average molecular weight is 225 g/mol. The van der Waals surface area contributed by atoms with E-state index in [1.807, 2.05) is 13.2 Å². The molecule has 1 aliphatic rings. The van der Waals surface area contributed by atoms with Crippen LogP contribution in [0.2, 0.25) is 0 Å². The minimum atomic E-state index is -0.375. The first-order valence-corrected chi connectivity index (χ1v) is 5.89. The zero-order chi connectivity index (χ0) is 11.4. The first-order valence-electron chi connectivity index (χ1n) is 5.89. The topological polar surface area (TPSA) is 60.2 Å². The standard InChI is InChI=1S/C11H19N3O2/c1-14-8-9(12-13-14)6-10(15)7-11-4-2-3-5-16-11/h8,10-11,15H,2-7H2,1H3. The first kappa shape index (κ1) is 11.5. The molecule has 0 saturated carbocycles. The van der Waals surface area contributed by atoms with Crippen LogP contribution in [0.3, 0.4) is 0 Å². The Kier molecular flexibility index (Phi) is 3.90. The van der Waals surface area contributed by atoms with Gasteiger partial charge in [0.25, 0.3) is 0 Å². The highest BCUT2D eigenvalue weighted by atomic mass is 16.5. The summed E-state index contributed by atoms with van der Waals surface area (Å²) >= 11 is 0. The third kappa shape index (κ3) is 3.28. The molecule has 1 saturated heterocycles. The highest BCUT2D eigenvalue weighted by Gasteiger charge is 2.18. The van der Waals surface area contributed by atoms with Crippen molar-refractivity contribution in [2.45, 2.75) is 44.3 Å². The number of rotatable bonds is 4. The van der Waals surface area contributed by atoms with Gasteiger partial charge in [0.1, 0.15) is 0 Å². The Balaban J connectivity index is 1.77. The summed E-state index contributed by atoms with van der Waals surface area (Å²) in [6.45, 7) is 0.836. The number of aliphatic hydroxyl groups excluding tert-OH is 1. The Morgan fingerprint density at radius 1 is 1.62 bits per heavy atom. The van der Waals surface area contributed by atoms with Gasteiger partial charge in [-0.05, 0) is 25.7 Å². The zero-order valence-corrected chi connectivity index (χ0v) is 9.67. The van der Waals surface area contributed by atoms with Gasteiger partial charge < -0.3 is 9.84 Å². The maximum Gasteiger partial charge on any atom is 0.0852 e. The molecular formula is C11H19N3O2. The van der Waals surface area contributed by atoms with Crippen LogP contribution < -0.4 is 0 Å². The van der Waals surface area contributed by atoms with Gasteiger partial charge in [0, 0.05) is 26.3 Å². The van der Waals surface area contributed by atoms with E-state index >= 15 is 0 Å². The van der Waals surface area contributed by atoms with E-state index in [1.165, 1.54) is 6.42 Å². The fourth-order valence-electron chi connectivity index (χ4n) is 2.11. The summed E-state index contributed by atoms with van der Waals surface area (Å²) in [4.78, 5) is 0. The van der Waals surface area contributed by atoms with E-state index in [0.717, 1.165) is 25.1 Å². The molecular weight excluding hydrogens is 206 g/mol. The molecule has 0 radical (unpaired) electrons. The van der Waals surface area contributed by atoms with E-state index < -0.39 is 0 Å². The molecule has 0 aliphatic carbocycles. The van der Waals surface area contributed by atoms with Gasteiger partial charge in [-0.2, -0.15) is 0 Å². The van der Waals surface area contributed by atoms with Gasteiger partial charge in [-0.15, -0.1) is 5.10 Å². The van der Waals surface area contributed by atoms with Crippen LogP contribution >= 0.6 is 0 Å². The Hall–Kier alpha value is -0.940. The summed E-state index contributed by atoms with van der Waals surface area (Å²) in [5, 5.41) is 17.7. The molecule has 1 fully saturated rings. The number of ether oxygens (including phenoxy) is 1. The molecule has 2 atom stereocenters. The average Bonchev–Trinajstić information content (AvgIpc) is 2.65. The Morgan fingerprint density at radius 2 is 2.50 bits per heavy atom. The quantitative estimate of drug-likeness (QED) is 0.818. The summed E-state index contributed by atoms with van der Waals surface area (Å²) < 4.78 is 7.24. The van der Waals surface area contributed by atoms with Crippen molar-refractivity contribution >= 4 is 0 Å². The van der Waals surface area contributed by atoms with Crippen LogP contribution in [0.4, 0.5) is 0 Å². The summed E-state index contributed by atoms with van der Waals surface area (Å²) in [6, 6.07) is 0. The summed E-state index contributed by atoms with van der Waals surface area (Å²) in [5.74, 6) is 0. The van der Waals surface area contributed by atoms with Crippen LogP contribution in [0, 0.1) is 0 Å². The molecule has 0 amide bonds. The van der Waals surface area contributed by atoms with Crippen molar-refractivity contribution in [1.29, 1.82) is 0 Å².